The number of hydrogen-bond donors (Lipinski definition) is 1. The summed E-state index contributed by atoms with van der Waals surface area (Å²) in [7, 11) is 0. The van der Waals surface area contributed by atoms with Gasteiger partial charge >= 0.3 is 0 Å². The summed E-state index contributed by atoms with van der Waals surface area (Å²) < 4.78 is -1.23. The molecule has 110 valence electrons. The van der Waals surface area contributed by atoms with Gasteiger partial charge < -0.3 is 9.90 Å². The van der Waals surface area contributed by atoms with E-state index in [4.69, 9.17) is 0 Å². The number of nitrogens with zero attached hydrogens (tertiary/aromatic N) is 1. The maximum absolute atomic E-state index is 11.2. The Kier molecular flexibility index (Phi) is 5.80. The summed E-state index contributed by atoms with van der Waals surface area (Å²) in [6.07, 6.45) is -0.585. The molecule has 0 aliphatic heterocycles. The van der Waals surface area contributed by atoms with Crippen molar-refractivity contribution in [1.29, 1.82) is 0 Å². The second-order valence-corrected chi connectivity index (χ2v) is 5.79. The number of amides is 1. The van der Waals surface area contributed by atoms with E-state index in [-0.39, 0.29) is 6.54 Å². The first kappa shape index (κ1) is 16.8. The largest absolute Gasteiger partial charge is 0.496 e. The summed E-state index contributed by atoms with van der Waals surface area (Å²) in [5.74, 6) is 0.559. The molecular weight excluding hydrogens is 274 g/mol. The van der Waals surface area contributed by atoms with E-state index < -0.39 is 16.8 Å². The smallest absolute Gasteiger partial charge is 0.292 e. The third kappa shape index (κ3) is 3.85. The third-order valence-corrected chi connectivity index (χ3v) is 3.56. The Labute approximate surface area is 125 Å². The Hall–Kier alpha value is -1.30. The fourth-order valence-corrected chi connectivity index (χ4v) is 2.38. The average Bonchev–Trinajstić information content (AvgIpc) is 2.38. The van der Waals surface area contributed by atoms with Crippen LogP contribution >= 0.6 is 12.2 Å². The van der Waals surface area contributed by atoms with E-state index in [9.17, 15) is 15.1 Å². The molecule has 2 atom stereocenters. The maximum atomic E-state index is 11.2. The number of quaternary nitrogens is 1. The Balaban J connectivity index is 2.98. The highest BCUT2D eigenvalue weighted by atomic mass is 32.1. The molecule has 1 rings (SSSR count). The standard InChI is InChI=1S/C15H21NO3S/c1-11(2)10-13-4-6-14(7-5-13)12(3)16(19,8-9-20)15(17)18/h4-7,9,11-12,19H,8,10H2,1-3H3. The lowest BCUT2D eigenvalue weighted by Crippen LogP contribution is -2.58. The van der Waals surface area contributed by atoms with Gasteiger partial charge in [0.25, 0.3) is 6.09 Å². The van der Waals surface area contributed by atoms with Crippen LogP contribution in [0.2, 0.25) is 0 Å². The Morgan fingerprint density at radius 2 is 1.90 bits per heavy atom. The molecule has 4 nitrogen and oxygen atoms in total. The second kappa shape index (κ2) is 6.92. The Morgan fingerprint density at radius 1 is 1.35 bits per heavy atom. The molecule has 0 aliphatic carbocycles. The van der Waals surface area contributed by atoms with Gasteiger partial charge in [0, 0.05) is 10.9 Å². The van der Waals surface area contributed by atoms with Gasteiger partial charge in [0.2, 0.25) is 0 Å². The number of hydrogen-bond acceptors (Lipinski definition) is 4. The fraction of sp³-hybridized carbons (Fsp3) is 0.467. The molecule has 20 heavy (non-hydrogen) atoms. The number of hydroxylamine groups is 3. The normalized spacial score (nSPS) is 15.7. The number of carboxylic acid groups (broad SMARTS) is 1. The lowest BCUT2D eigenvalue weighted by Gasteiger charge is -2.34. The van der Waals surface area contributed by atoms with Gasteiger partial charge in [-0.15, -0.1) is 4.65 Å². The maximum Gasteiger partial charge on any atom is 0.292 e. The van der Waals surface area contributed by atoms with Crippen molar-refractivity contribution in [3.63, 3.8) is 0 Å². The summed E-state index contributed by atoms with van der Waals surface area (Å²) in [6.45, 7) is 5.75. The average molecular weight is 295 g/mol. The van der Waals surface area contributed by atoms with Crippen molar-refractivity contribution in [1.82, 2.24) is 0 Å². The van der Waals surface area contributed by atoms with E-state index in [2.05, 4.69) is 26.1 Å². The van der Waals surface area contributed by atoms with E-state index in [0.717, 1.165) is 12.0 Å². The Morgan fingerprint density at radius 3 is 2.30 bits per heavy atom. The molecule has 0 aromatic heterocycles. The Bertz CT molecular complexity index is 473. The molecule has 0 saturated carbocycles. The first-order valence-corrected chi connectivity index (χ1v) is 7.13. The van der Waals surface area contributed by atoms with Gasteiger partial charge in [-0.2, -0.15) is 0 Å². The zero-order valence-corrected chi connectivity index (χ0v) is 12.9. The van der Waals surface area contributed by atoms with Gasteiger partial charge in [0.15, 0.2) is 0 Å². The topological polar surface area (TPSA) is 60.4 Å². The summed E-state index contributed by atoms with van der Waals surface area (Å²) in [5, 5.41) is 22.6. The van der Waals surface area contributed by atoms with E-state index in [0.29, 0.717) is 5.92 Å². The lowest BCUT2D eigenvalue weighted by atomic mass is 9.99. The van der Waals surface area contributed by atoms with Crippen LogP contribution in [0, 0.1) is 5.92 Å². The molecule has 0 bridgehead atoms. The van der Waals surface area contributed by atoms with Crippen LogP contribution in [0.3, 0.4) is 0 Å². The minimum absolute atomic E-state index is 0.174. The second-order valence-electron chi connectivity index (χ2n) is 5.46. The van der Waals surface area contributed by atoms with Crippen LogP contribution in [0.5, 0.6) is 0 Å². The van der Waals surface area contributed by atoms with Crippen molar-refractivity contribution in [2.75, 3.05) is 6.54 Å². The van der Waals surface area contributed by atoms with Crippen LogP contribution in [-0.4, -0.2) is 27.9 Å². The van der Waals surface area contributed by atoms with E-state index in [1.807, 2.05) is 24.3 Å². The summed E-state index contributed by atoms with van der Waals surface area (Å²) >= 11 is 4.67. The van der Waals surface area contributed by atoms with E-state index >= 15 is 0 Å². The fourth-order valence-electron chi connectivity index (χ4n) is 2.15. The van der Waals surface area contributed by atoms with E-state index in [1.54, 1.807) is 6.92 Å². The van der Waals surface area contributed by atoms with Gasteiger partial charge in [0.05, 0.1) is 0 Å². The predicted octanol–water partition coefficient (Wildman–Crippen LogP) is 2.50. The van der Waals surface area contributed by atoms with Gasteiger partial charge in [-0.05, 0) is 24.8 Å². The van der Waals surface area contributed by atoms with Crippen molar-refractivity contribution in [3.05, 3.63) is 35.4 Å². The number of rotatable bonds is 6. The molecule has 0 spiro atoms. The molecule has 2 unspecified atom stereocenters. The number of benzene rings is 1. The molecule has 1 N–H and O–H groups in total. The zero-order valence-electron chi connectivity index (χ0n) is 12.1. The quantitative estimate of drug-likeness (QED) is 0.379. The molecule has 1 aromatic carbocycles. The minimum Gasteiger partial charge on any atom is -0.496 e. The van der Waals surface area contributed by atoms with Crippen LogP contribution in [0.1, 0.15) is 37.9 Å². The first-order chi connectivity index (χ1) is 9.31. The molecule has 5 heteroatoms. The highest BCUT2D eigenvalue weighted by Gasteiger charge is 2.36. The molecule has 1 aromatic rings. The molecule has 1 amide bonds. The van der Waals surface area contributed by atoms with Crippen LogP contribution in [0.4, 0.5) is 4.79 Å². The number of thiocarbonyl (C=S) groups is 1. The molecular formula is C15H21NO3S. The summed E-state index contributed by atoms with van der Waals surface area (Å²) in [5.41, 5.74) is 1.93. The monoisotopic (exact) mass is 295 g/mol. The van der Waals surface area contributed by atoms with Crippen molar-refractivity contribution >= 4 is 23.7 Å². The highest BCUT2D eigenvalue weighted by molar-refractivity contribution is 7.79. The van der Waals surface area contributed by atoms with Crippen LogP contribution in [0.25, 0.3) is 0 Å². The SMILES string of the molecule is CC(C)Cc1ccc(C(C)[N+](O)(CC=S)C(=O)[O-])cc1. The van der Waals surface area contributed by atoms with Crippen molar-refractivity contribution in [2.45, 2.75) is 33.2 Å². The number of carbonyl (C=O) groups is 1. The molecule has 0 aliphatic rings. The van der Waals surface area contributed by atoms with Gasteiger partial charge in [0.1, 0.15) is 12.6 Å². The van der Waals surface area contributed by atoms with Crippen molar-refractivity contribution in [3.8, 4) is 0 Å². The van der Waals surface area contributed by atoms with Crippen molar-refractivity contribution < 1.29 is 19.8 Å². The van der Waals surface area contributed by atoms with Crippen LogP contribution in [0.15, 0.2) is 24.3 Å². The first-order valence-electron chi connectivity index (χ1n) is 6.65. The number of carbonyl (C=O) groups excluding carboxylic acids is 1. The van der Waals surface area contributed by atoms with Crippen LogP contribution in [-0.2, 0) is 6.42 Å². The summed E-state index contributed by atoms with van der Waals surface area (Å²) in [6, 6.07) is 6.97. The van der Waals surface area contributed by atoms with Gasteiger partial charge in [-0.25, -0.2) is 5.21 Å². The highest BCUT2D eigenvalue weighted by Crippen LogP contribution is 2.26. The van der Waals surface area contributed by atoms with Crippen molar-refractivity contribution in [2.24, 2.45) is 5.92 Å². The van der Waals surface area contributed by atoms with Crippen LogP contribution < -0.4 is 5.11 Å². The van der Waals surface area contributed by atoms with Gasteiger partial charge in [-0.1, -0.05) is 50.3 Å². The molecule has 0 fully saturated rings. The van der Waals surface area contributed by atoms with Gasteiger partial charge in [-0.3, -0.25) is 0 Å². The molecule has 0 saturated heterocycles. The van der Waals surface area contributed by atoms with E-state index in [1.165, 1.54) is 10.9 Å². The lowest BCUT2D eigenvalue weighted by molar-refractivity contribution is -1.07. The summed E-state index contributed by atoms with van der Waals surface area (Å²) in [4.78, 5) is 11.2. The minimum atomic E-state index is -1.55. The predicted molar refractivity (Wildman–Crippen MR) is 79.4 cm³/mol. The molecule has 0 radical (unpaired) electrons. The zero-order chi connectivity index (χ0) is 15.3. The third-order valence-electron chi connectivity index (χ3n) is 3.42. The molecule has 0 heterocycles.